The molecule has 0 fully saturated rings. The maximum absolute atomic E-state index is 6.88. The number of fused-ring (bicyclic) bond motifs is 8. The van der Waals surface area contributed by atoms with Crippen molar-refractivity contribution in [2.45, 2.75) is 46.5 Å². The second-order valence-electron chi connectivity index (χ2n) is 15.7. The highest BCUT2D eigenvalue weighted by molar-refractivity contribution is 6.12. The van der Waals surface area contributed by atoms with Crippen molar-refractivity contribution >= 4 is 43.9 Å². The summed E-state index contributed by atoms with van der Waals surface area (Å²) >= 11 is 0. The van der Waals surface area contributed by atoms with Crippen LogP contribution in [0.5, 0.6) is 0 Å². The van der Waals surface area contributed by atoms with E-state index >= 15 is 0 Å². The molecular weight excluding hydrogens is 663 g/mol. The smallest absolute Gasteiger partial charge is 0.164 e. The SMILES string of the molecule is C/C=C1\Cc2ccc3c(oc4cc(-c5cccc(-c6nc(-c7ccccc7)nc(-c7cccc8oc9ccccc9c78)n6)c5)ccc43)c2C1(C)C(C)(C)C. The Bertz CT molecular complexity index is 2980. The molecule has 0 spiro atoms. The number of hydrogen-bond donors (Lipinski definition) is 0. The van der Waals surface area contributed by atoms with Gasteiger partial charge in [0.2, 0.25) is 0 Å². The van der Waals surface area contributed by atoms with Gasteiger partial charge in [-0.15, -0.1) is 0 Å². The number of aromatic nitrogens is 3. The predicted molar refractivity (Wildman–Crippen MR) is 220 cm³/mol. The van der Waals surface area contributed by atoms with Gasteiger partial charge in [0.1, 0.15) is 22.3 Å². The van der Waals surface area contributed by atoms with E-state index in [9.17, 15) is 0 Å². The van der Waals surface area contributed by atoms with E-state index in [1.54, 1.807) is 0 Å². The zero-order valence-electron chi connectivity index (χ0n) is 31.1. The van der Waals surface area contributed by atoms with Crippen LogP contribution in [0.1, 0.15) is 45.7 Å². The zero-order chi connectivity index (χ0) is 36.8. The highest BCUT2D eigenvalue weighted by Crippen LogP contribution is 2.56. The Hall–Kier alpha value is -6.33. The first-order valence-electron chi connectivity index (χ1n) is 18.7. The van der Waals surface area contributed by atoms with Crippen LogP contribution in [0, 0.1) is 5.41 Å². The Kier molecular flexibility index (Phi) is 7.09. The number of furan rings is 2. The molecule has 0 saturated heterocycles. The lowest BCUT2D eigenvalue weighted by Crippen LogP contribution is -2.36. The van der Waals surface area contributed by atoms with Gasteiger partial charge in [-0.3, -0.25) is 0 Å². The van der Waals surface area contributed by atoms with Gasteiger partial charge in [-0.1, -0.05) is 136 Å². The summed E-state index contributed by atoms with van der Waals surface area (Å²) in [6, 6.07) is 43.9. The third-order valence-corrected chi connectivity index (χ3v) is 11.9. The van der Waals surface area contributed by atoms with Crippen molar-refractivity contribution in [3.05, 3.63) is 150 Å². The monoisotopic (exact) mass is 701 g/mol. The number of nitrogens with zero attached hydrogens (tertiary/aromatic N) is 3. The lowest BCUT2D eigenvalue weighted by Gasteiger charge is -2.41. The van der Waals surface area contributed by atoms with Crippen molar-refractivity contribution in [2.75, 3.05) is 0 Å². The molecule has 5 nitrogen and oxygen atoms in total. The van der Waals surface area contributed by atoms with Crippen LogP contribution >= 0.6 is 0 Å². The van der Waals surface area contributed by atoms with Gasteiger partial charge in [0.25, 0.3) is 0 Å². The van der Waals surface area contributed by atoms with E-state index in [1.165, 1.54) is 22.1 Å². The first-order chi connectivity index (χ1) is 26.2. The molecule has 10 rings (SSSR count). The van der Waals surface area contributed by atoms with Crippen molar-refractivity contribution in [3.8, 4) is 45.3 Å². The fourth-order valence-corrected chi connectivity index (χ4v) is 8.69. The van der Waals surface area contributed by atoms with Gasteiger partial charge in [0.15, 0.2) is 17.5 Å². The van der Waals surface area contributed by atoms with E-state index < -0.39 is 0 Å². The van der Waals surface area contributed by atoms with Crippen molar-refractivity contribution in [2.24, 2.45) is 5.41 Å². The average Bonchev–Trinajstić information content (AvgIpc) is 3.87. The quantitative estimate of drug-likeness (QED) is 0.171. The molecule has 3 heterocycles. The van der Waals surface area contributed by atoms with E-state index in [0.29, 0.717) is 17.5 Å². The van der Waals surface area contributed by atoms with Gasteiger partial charge in [-0.25, -0.2) is 15.0 Å². The number of benzene rings is 6. The Labute approximate surface area is 314 Å². The molecular formula is C49H39N3O2. The topological polar surface area (TPSA) is 65.0 Å². The number of rotatable bonds is 4. The number of hydrogen-bond acceptors (Lipinski definition) is 5. The van der Waals surface area contributed by atoms with Crippen molar-refractivity contribution < 1.29 is 8.83 Å². The highest BCUT2D eigenvalue weighted by Gasteiger charge is 2.48. The molecule has 0 bridgehead atoms. The lowest BCUT2D eigenvalue weighted by molar-refractivity contribution is 0.250. The van der Waals surface area contributed by atoms with Gasteiger partial charge >= 0.3 is 0 Å². The fraction of sp³-hybridized carbons (Fsp3) is 0.163. The molecule has 1 unspecified atom stereocenters. The fourth-order valence-electron chi connectivity index (χ4n) is 8.69. The largest absolute Gasteiger partial charge is 0.456 e. The van der Waals surface area contributed by atoms with Crippen molar-refractivity contribution in [1.29, 1.82) is 0 Å². The van der Waals surface area contributed by atoms with E-state index in [0.717, 1.165) is 72.7 Å². The van der Waals surface area contributed by atoms with Crippen molar-refractivity contribution in [1.82, 2.24) is 15.0 Å². The third-order valence-electron chi connectivity index (χ3n) is 11.9. The van der Waals surface area contributed by atoms with Crippen LogP contribution in [0.25, 0.3) is 89.2 Å². The van der Waals surface area contributed by atoms with Gasteiger partial charge in [-0.2, -0.15) is 0 Å². The summed E-state index contributed by atoms with van der Waals surface area (Å²) in [7, 11) is 0. The molecule has 5 heteroatoms. The van der Waals surface area contributed by atoms with Crippen molar-refractivity contribution in [3.63, 3.8) is 0 Å². The molecule has 0 N–H and O–H groups in total. The highest BCUT2D eigenvalue weighted by atomic mass is 16.3. The van der Waals surface area contributed by atoms with Gasteiger partial charge < -0.3 is 8.83 Å². The molecule has 0 radical (unpaired) electrons. The Morgan fingerprint density at radius 3 is 2.06 bits per heavy atom. The van der Waals surface area contributed by atoms with Crippen LogP contribution < -0.4 is 0 Å². The average molecular weight is 702 g/mol. The molecule has 6 aromatic carbocycles. The maximum atomic E-state index is 6.88. The summed E-state index contributed by atoms with van der Waals surface area (Å²) in [6.45, 7) is 11.6. The summed E-state index contributed by atoms with van der Waals surface area (Å²) in [5, 5.41) is 4.33. The predicted octanol–water partition coefficient (Wildman–Crippen LogP) is 13.1. The molecule has 262 valence electrons. The lowest BCUT2D eigenvalue weighted by atomic mass is 9.62. The molecule has 1 aliphatic carbocycles. The standard InChI is InChI=1S/C49H39N3O2/c1-6-34-27-32-23-25-36-35-24-22-31(28-41(35)54-44(36)43(32)49(34,5)48(2,3)4)30-16-12-17-33(26-30)46-50-45(29-14-8-7-9-15-29)51-47(52-46)38-19-13-21-40-42(38)37-18-10-11-20-39(37)53-40/h6-26,28H,27H2,1-5H3/b34-6+. The van der Waals surface area contributed by atoms with Gasteiger partial charge in [0.05, 0.1) is 0 Å². The van der Waals surface area contributed by atoms with Crippen LogP contribution in [0.4, 0.5) is 0 Å². The minimum Gasteiger partial charge on any atom is -0.456 e. The first-order valence-corrected chi connectivity index (χ1v) is 18.7. The summed E-state index contributed by atoms with van der Waals surface area (Å²) in [6.07, 6.45) is 3.27. The Morgan fingerprint density at radius 2 is 1.24 bits per heavy atom. The molecule has 9 aromatic rings. The molecule has 54 heavy (non-hydrogen) atoms. The molecule has 3 aromatic heterocycles. The summed E-state index contributed by atoms with van der Waals surface area (Å²) in [5.41, 5.74) is 12.4. The number of para-hydroxylation sites is 1. The molecule has 0 saturated carbocycles. The Balaban J connectivity index is 1.11. The van der Waals surface area contributed by atoms with Gasteiger partial charge in [0, 0.05) is 49.2 Å². The summed E-state index contributed by atoms with van der Waals surface area (Å²) in [4.78, 5) is 15.2. The van der Waals surface area contributed by atoms with Crippen LogP contribution in [0.3, 0.4) is 0 Å². The summed E-state index contributed by atoms with van der Waals surface area (Å²) < 4.78 is 13.1. The van der Waals surface area contributed by atoms with E-state index in [2.05, 4.69) is 107 Å². The van der Waals surface area contributed by atoms with E-state index in [4.69, 9.17) is 23.8 Å². The summed E-state index contributed by atoms with van der Waals surface area (Å²) in [5.74, 6) is 1.82. The minimum absolute atomic E-state index is 0.0209. The van der Waals surface area contributed by atoms with Crippen LogP contribution in [-0.2, 0) is 11.8 Å². The first kappa shape index (κ1) is 32.3. The van der Waals surface area contributed by atoms with Crippen LogP contribution in [0.2, 0.25) is 0 Å². The second kappa shape index (κ2) is 11.8. The number of allylic oxidation sites excluding steroid dienone is 2. The second-order valence-corrected chi connectivity index (χ2v) is 15.7. The molecule has 1 atom stereocenters. The maximum Gasteiger partial charge on any atom is 0.164 e. The molecule has 1 aliphatic rings. The Morgan fingerprint density at radius 1 is 0.574 bits per heavy atom. The van der Waals surface area contributed by atoms with Gasteiger partial charge in [-0.05, 0) is 65.8 Å². The zero-order valence-corrected chi connectivity index (χ0v) is 31.1. The van der Waals surface area contributed by atoms with Crippen LogP contribution in [0.15, 0.2) is 148 Å². The minimum atomic E-state index is -0.125. The van der Waals surface area contributed by atoms with Crippen LogP contribution in [-0.4, -0.2) is 15.0 Å². The normalized spacial score (nSPS) is 16.6. The van der Waals surface area contributed by atoms with E-state index in [1.807, 2.05) is 60.7 Å². The van der Waals surface area contributed by atoms with E-state index in [-0.39, 0.29) is 10.8 Å². The third kappa shape index (κ3) is 4.81. The molecule has 0 amide bonds. The molecule has 0 aliphatic heterocycles.